The van der Waals surface area contributed by atoms with Crippen LogP contribution in [0, 0.1) is 17.1 Å². The molecule has 2 rings (SSSR count). The van der Waals surface area contributed by atoms with Gasteiger partial charge in [-0.05, 0) is 17.7 Å². The molecule has 1 atom stereocenters. The Kier molecular flexibility index (Phi) is 5.36. The summed E-state index contributed by atoms with van der Waals surface area (Å²) >= 11 is 0. The van der Waals surface area contributed by atoms with E-state index in [9.17, 15) is 4.39 Å². The molecular formula is C12H14ClFN2O. The fourth-order valence-corrected chi connectivity index (χ4v) is 1.88. The van der Waals surface area contributed by atoms with Gasteiger partial charge in [0, 0.05) is 13.1 Å². The zero-order valence-electron chi connectivity index (χ0n) is 9.30. The minimum atomic E-state index is -0.375. The Morgan fingerprint density at radius 1 is 1.35 bits per heavy atom. The zero-order chi connectivity index (χ0) is 11.4. The van der Waals surface area contributed by atoms with E-state index >= 15 is 0 Å². The summed E-state index contributed by atoms with van der Waals surface area (Å²) in [5.41, 5.74) is 0.712. The van der Waals surface area contributed by atoms with Crippen LogP contribution in [0.3, 0.4) is 0 Å². The van der Waals surface area contributed by atoms with Gasteiger partial charge in [-0.15, -0.1) is 12.4 Å². The summed E-state index contributed by atoms with van der Waals surface area (Å²) in [6.45, 7) is 2.70. The second kappa shape index (κ2) is 6.55. The fourth-order valence-electron chi connectivity index (χ4n) is 1.88. The van der Waals surface area contributed by atoms with Crippen molar-refractivity contribution in [2.24, 2.45) is 0 Å². The SMILES string of the molecule is Cl.N#CC(c1cccc(F)c1)N1CCOCC1. The highest BCUT2D eigenvalue weighted by Gasteiger charge is 2.22. The average Bonchev–Trinajstić information content (AvgIpc) is 2.31. The fraction of sp³-hybridized carbons (Fsp3) is 0.417. The summed E-state index contributed by atoms with van der Waals surface area (Å²) in [4.78, 5) is 2.01. The first-order valence-corrected chi connectivity index (χ1v) is 5.28. The Hall–Kier alpha value is -1.15. The predicted molar refractivity (Wildman–Crippen MR) is 64.4 cm³/mol. The zero-order valence-corrected chi connectivity index (χ0v) is 10.1. The Labute approximate surface area is 106 Å². The minimum Gasteiger partial charge on any atom is -0.379 e. The van der Waals surface area contributed by atoms with Gasteiger partial charge in [-0.2, -0.15) is 5.26 Å². The van der Waals surface area contributed by atoms with E-state index in [0.29, 0.717) is 18.8 Å². The molecule has 1 heterocycles. The van der Waals surface area contributed by atoms with Crippen LogP contribution in [0.4, 0.5) is 4.39 Å². The van der Waals surface area contributed by atoms with Crippen LogP contribution in [-0.2, 0) is 4.74 Å². The number of morpholine rings is 1. The van der Waals surface area contributed by atoms with Gasteiger partial charge in [0.15, 0.2) is 0 Å². The molecule has 0 saturated carbocycles. The summed E-state index contributed by atoms with van der Waals surface area (Å²) in [6, 6.07) is 8.07. The molecule has 1 aliphatic heterocycles. The summed E-state index contributed by atoms with van der Waals surface area (Å²) < 4.78 is 18.3. The topological polar surface area (TPSA) is 36.3 Å². The maximum absolute atomic E-state index is 13.1. The molecule has 5 heteroatoms. The van der Waals surface area contributed by atoms with Crippen molar-refractivity contribution in [1.82, 2.24) is 4.90 Å². The normalized spacial score (nSPS) is 17.9. The van der Waals surface area contributed by atoms with Crippen LogP contribution < -0.4 is 0 Å². The van der Waals surface area contributed by atoms with Gasteiger partial charge in [-0.3, -0.25) is 4.90 Å². The molecule has 0 N–H and O–H groups in total. The molecule has 1 unspecified atom stereocenters. The highest BCUT2D eigenvalue weighted by atomic mass is 35.5. The molecule has 1 aromatic carbocycles. The first kappa shape index (κ1) is 13.9. The van der Waals surface area contributed by atoms with Crippen LogP contribution in [0.2, 0.25) is 0 Å². The van der Waals surface area contributed by atoms with Gasteiger partial charge >= 0.3 is 0 Å². The molecule has 0 aliphatic carbocycles. The van der Waals surface area contributed by atoms with Gasteiger partial charge in [0.25, 0.3) is 0 Å². The second-order valence-corrected chi connectivity index (χ2v) is 3.73. The van der Waals surface area contributed by atoms with Gasteiger partial charge < -0.3 is 4.74 Å². The van der Waals surface area contributed by atoms with Crippen molar-refractivity contribution in [3.8, 4) is 6.07 Å². The minimum absolute atomic E-state index is 0. The Balaban J connectivity index is 0.00000144. The molecule has 3 nitrogen and oxygen atoms in total. The van der Waals surface area contributed by atoms with Crippen molar-refractivity contribution >= 4 is 12.4 Å². The molecular weight excluding hydrogens is 243 g/mol. The van der Waals surface area contributed by atoms with Crippen LogP contribution in [0.5, 0.6) is 0 Å². The maximum atomic E-state index is 13.1. The lowest BCUT2D eigenvalue weighted by molar-refractivity contribution is 0.0266. The molecule has 0 aromatic heterocycles. The molecule has 1 saturated heterocycles. The number of hydrogen-bond acceptors (Lipinski definition) is 3. The van der Waals surface area contributed by atoms with Crippen molar-refractivity contribution in [1.29, 1.82) is 5.26 Å². The Morgan fingerprint density at radius 3 is 2.65 bits per heavy atom. The number of halogens is 2. The summed E-state index contributed by atoms with van der Waals surface area (Å²) in [5, 5.41) is 9.17. The van der Waals surface area contributed by atoms with Crippen molar-refractivity contribution in [3.63, 3.8) is 0 Å². The number of nitriles is 1. The van der Waals surface area contributed by atoms with E-state index in [1.54, 1.807) is 12.1 Å². The third-order valence-corrected chi connectivity index (χ3v) is 2.70. The molecule has 0 amide bonds. The van der Waals surface area contributed by atoms with Crippen LogP contribution >= 0.6 is 12.4 Å². The number of rotatable bonds is 2. The summed E-state index contributed by atoms with van der Waals surface area (Å²) in [6.07, 6.45) is 0. The molecule has 92 valence electrons. The van der Waals surface area contributed by atoms with Crippen LogP contribution in [0.25, 0.3) is 0 Å². The highest BCUT2D eigenvalue weighted by Crippen LogP contribution is 2.21. The third-order valence-electron chi connectivity index (χ3n) is 2.70. The lowest BCUT2D eigenvalue weighted by Crippen LogP contribution is -2.38. The van der Waals surface area contributed by atoms with E-state index in [2.05, 4.69) is 6.07 Å². The Bertz CT molecular complexity index is 402. The summed E-state index contributed by atoms with van der Waals surface area (Å²) in [7, 11) is 0. The van der Waals surface area contributed by atoms with Gasteiger partial charge in [-0.1, -0.05) is 12.1 Å². The van der Waals surface area contributed by atoms with Gasteiger partial charge in [-0.25, -0.2) is 4.39 Å². The van der Waals surface area contributed by atoms with Crippen molar-refractivity contribution < 1.29 is 9.13 Å². The van der Waals surface area contributed by atoms with Gasteiger partial charge in [0.2, 0.25) is 0 Å². The number of ether oxygens (including phenoxy) is 1. The van der Waals surface area contributed by atoms with Crippen molar-refractivity contribution in [2.75, 3.05) is 26.3 Å². The van der Waals surface area contributed by atoms with Crippen LogP contribution in [0.1, 0.15) is 11.6 Å². The summed E-state index contributed by atoms with van der Waals surface area (Å²) in [5.74, 6) is -0.300. The third kappa shape index (κ3) is 3.40. The molecule has 0 spiro atoms. The first-order chi connectivity index (χ1) is 7.81. The highest BCUT2D eigenvalue weighted by molar-refractivity contribution is 5.85. The monoisotopic (exact) mass is 256 g/mol. The number of benzene rings is 1. The molecule has 1 aromatic rings. The maximum Gasteiger partial charge on any atom is 0.124 e. The van der Waals surface area contributed by atoms with Crippen molar-refractivity contribution in [3.05, 3.63) is 35.6 Å². The Morgan fingerprint density at radius 2 is 2.06 bits per heavy atom. The van der Waals surface area contributed by atoms with Gasteiger partial charge in [0.1, 0.15) is 11.9 Å². The van der Waals surface area contributed by atoms with Crippen LogP contribution in [-0.4, -0.2) is 31.2 Å². The van der Waals surface area contributed by atoms with Crippen molar-refractivity contribution in [2.45, 2.75) is 6.04 Å². The van der Waals surface area contributed by atoms with Gasteiger partial charge in [0.05, 0.1) is 19.3 Å². The van der Waals surface area contributed by atoms with E-state index in [4.69, 9.17) is 10.00 Å². The largest absolute Gasteiger partial charge is 0.379 e. The lowest BCUT2D eigenvalue weighted by atomic mass is 10.1. The lowest BCUT2D eigenvalue weighted by Gasteiger charge is -2.30. The van der Waals surface area contributed by atoms with E-state index in [-0.39, 0.29) is 24.3 Å². The standard InChI is InChI=1S/C12H13FN2O.ClH/c13-11-3-1-2-10(8-11)12(9-14)15-4-6-16-7-5-15;/h1-3,8,12H,4-7H2;1H. The number of hydrogen-bond donors (Lipinski definition) is 0. The van der Waals surface area contributed by atoms with E-state index in [0.717, 1.165) is 13.1 Å². The average molecular weight is 257 g/mol. The smallest absolute Gasteiger partial charge is 0.124 e. The first-order valence-electron chi connectivity index (χ1n) is 5.28. The molecule has 0 bridgehead atoms. The second-order valence-electron chi connectivity index (χ2n) is 3.73. The number of nitrogens with zero attached hydrogens (tertiary/aromatic N) is 2. The predicted octanol–water partition coefficient (Wildman–Crippen LogP) is 2.14. The quantitative estimate of drug-likeness (QED) is 0.814. The molecule has 1 aliphatic rings. The van der Waals surface area contributed by atoms with E-state index in [1.165, 1.54) is 12.1 Å². The molecule has 0 radical (unpaired) electrons. The van der Waals surface area contributed by atoms with E-state index < -0.39 is 0 Å². The van der Waals surface area contributed by atoms with E-state index in [1.807, 2.05) is 4.90 Å². The van der Waals surface area contributed by atoms with Crippen LogP contribution in [0.15, 0.2) is 24.3 Å². The molecule has 1 fully saturated rings. The molecule has 17 heavy (non-hydrogen) atoms.